The maximum absolute atomic E-state index is 13.2. The van der Waals surface area contributed by atoms with Gasteiger partial charge in [-0.3, -0.25) is 4.79 Å². The molecule has 0 aromatic heterocycles. The molecule has 2 fully saturated rings. The second-order valence-electron chi connectivity index (χ2n) is 6.83. The van der Waals surface area contributed by atoms with E-state index >= 15 is 0 Å². The van der Waals surface area contributed by atoms with Crippen LogP contribution in [0.1, 0.15) is 23.1 Å². The second kappa shape index (κ2) is 6.04. The maximum Gasteiger partial charge on any atom is 0.243 e. The molecule has 2 saturated heterocycles. The number of rotatable bonds is 3. The van der Waals surface area contributed by atoms with E-state index in [4.69, 9.17) is 4.74 Å². The molecule has 132 valence electrons. The van der Waals surface area contributed by atoms with E-state index in [1.165, 1.54) is 0 Å². The molecule has 1 aromatic carbocycles. The zero-order valence-corrected chi connectivity index (χ0v) is 15.4. The SMILES string of the molecule is COc1cc(C)c(S(=O)(=O)N2C[C@H]3CC(=O)NC[C@H]3C2)c(C)c1C. The van der Waals surface area contributed by atoms with Gasteiger partial charge in [-0.15, -0.1) is 0 Å². The number of nitrogens with one attached hydrogen (secondary N) is 1. The smallest absolute Gasteiger partial charge is 0.243 e. The van der Waals surface area contributed by atoms with Crippen LogP contribution in [0.4, 0.5) is 0 Å². The van der Waals surface area contributed by atoms with E-state index in [1.807, 2.05) is 13.8 Å². The highest BCUT2D eigenvalue weighted by atomic mass is 32.2. The number of ether oxygens (including phenoxy) is 1. The first-order valence-electron chi connectivity index (χ1n) is 8.17. The number of sulfonamides is 1. The van der Waals surface area contributed by atoms with Crippen molar-refractivity contribution in [2.45, 2.75) is 32.1 Å². The number of methoxy groups -OCH3 is 1. The van der Waals surface area contributed by atoms with Crippen LogP contribution in [0.3, 0.4) is 0 Å². The lowest BCUT2D eigenvalue weighted by Crippen LogP contribution is -2.40. The zero-order chi connectivity index (χ0) is 17.6. The molecule has 3 rings (SSSR count). The number of aryl methyl sites for hydroxylation is 1. The molecule has 1 amide bonds. The van der Waals surface area contributed by atoms with Gasteiger partial charge < -0.3 is 10.1 Å². The standard InChI is InChI=1S/C17H24N2O4S/c1-10-5-15(23-4)11(2)12(3)17(10)24(21,22)19-8-13-6-16(20)18-7-14(13)9-19/h5,13-14H,6-9H2,1-4H3,(H,18,20)/t13-,14+/m1/s1. The number of fused-ring (bicyclic) bond motifs is 1. The number of nitrogens with zero attached hydrogens (tertiary/aromatic N) is 1. The summed E-state index contributed by atoms with van der Waals surface area (Å²) < 4.78 is 33.3. The van der Waals surface area contributed by atoms with Crippen LogP contribution in [0.2, 0.25) is 0 Å². The molecule has 0 radical (unpaired) electrons. The second-order valence-corrected chi connectivity index (χ2v) is 8.70. The fourth-order valence-corrected chi connectivity index (χ4v) is 5.91. The van der Waals surface area contributed by atoms with Crippen LogP contribution in [0.5, 0.6) is 5.75 Å². The van der Waals surface area contributed by atoms with Crippen LogP contribution >= 0.6 is 0 Å². The molecule has 2 atom stereocenters. The van der Waals surface area contributed by atoms with Crippen LogP contribution in [0.15, 0.2) is 11.0 Å². The number of amides is 1. The molecule has 0 aliphatic carbocycles. The van der Waals surface area contributed by atoms with Crippen molar-refractivity contribution in [2.24, 2.45) is 11.8 Å². The van der Waals surface area contributed by atoms with E-state index in [9.17, 15) is 13.2 Å². The average molecular weight is 352 g/mol. The summed E-state index contributed by atoms with van der Waals surface area (Å²) in [6.07, 6.45) is 0.413. The maximum atomic E-state index is 13.2. The molecule has 0 spiro atoms. The fourth-order valence-electron chi connectivity index (χ4n) is 3.87. The van der Waals surface area contributed by atoms with Gasteiger partial charge in [0.2, 0.25) is 15.9 Å². The molecular formula is C17H24N2O4S. The predicted octanol–water partition coefficient (Wildman–Crippen LogP) is 1.38. The normalized spacial score (nSPS) is 24.6. The number of carbonyl (C=O) groups is 1. The van der Waals surface area contributed by atoms with Crippen molar-refractivity contribution in [2.75, 3.05) is 26.7 Å². The van der Waals surface area contributed by atoms with E-state index in [0.717, 1.165) is 11.1 Å². The van der Waals surface area contributed by atoms with Crippen molar-refractivity contribution < 1.29 is 17.9 Å². The first-order chi connectivity index (χ1) is 11.3. The molecule has 2 heterocycles. The van der Waals surface area contributed by atoms with Gasteiger partial charge in [0, 0.05) is 26.1 Å². The van der Waals surface area contributed by atoms with Crippen LogP contribution in [0.25, 0.3) is 0 Å². The van der Waals surface area contributed by atoms with Crippen molar-refractivity contribution in [1.29, 1.82) is 0 Å². The third kappa shape index (κ3) is 2.69. The largest absolute Gasteiger partial charge is 0.496 e. The molecule has 2 aliphatic heterocycles. The van der Waals surface area contributed by atoms with Gasteiger partial charge in [0.25, 0.3) is 0 Å². The molecular weight excluding hydrogens is 328 g/mol. The highest BCUT2D eigenvalue weighted by Gasteiger charge is 2.43. The van der Waals surface area contributed by atoms with Crippen molar-refractivity contribution in [1.82, 2.24) is 9.62 Å². The lowest BCUT2D eigenvalue weighted by molar-refractivity contribution is -0.124. The molecule has 7 heteroatoms. The Morgan fingerprint density at radius 3 is 2.50 bits per heavy atom. The first kappa shape index (κ1) is 17.2. The summed E-state index contributed by atoms with van der Waals surface area (Å²) in [6.45, 7) is 6.96. The minimum absolute atomic E-state index is 0.0168. The summed E-state index contributed by atoms with van der Waals surface area (Å²) in [7, 11) is -2.00. The third-order valence-corrected chi connectivity index (χ3v) is 7.47. The Balaban J connectivity index is 1.98. The molecule has 0 bridgehead atoms. The minimum atomic E-state index is -3.58. The topological polar surface area (TPSA) is 75.7 Å². The summed E-state index contributed by atoms with van der Waals surface area (Å²) in [5.41, 5.74) is 2.27. The van der Waals surface area contributed by atoms with Crippen LogP contribution in [0, 0.1) is 32.6 Å². The lowest BCUT2D eigenvalue weighted by Gasteiger charge is -2.23. The van der Waals surface area contributed by atoms with Crippen LogP contribution in [-0.2, 0) is 14.8 Å². The Hall–Kier alpha value is -1.60. The first-order valence-corrected chi connectivity index (χ1v) is 9.61. The minimum Gasteiger partial charge on any atom is -0.496 e. The summed E-state index contributed by atoms with van der Waals surface area (Å²) in [5, 5.41) is 2.84. The van der Waals surface area contributed by atoms with Gasteiger partial charge in [-0.05, 0) is 55.4 Å². The molecule has 2 aliphatic rings. The van der Waals surface area contributed by atoms with Crippen molar-refractivity contribution in [3.05, 3.63) is 22.8 Å². The molecule has 0 unspecified atom stereocenters. The highest BCUT2D eigenvalue weighted by molar-refractivity contribution is 7.89. The Morgan fingerprint density at radius 2 is 1.83 bits per heavy atom. The monoisotopic (exact) mass is 352 g/mol. The number of hydrogen-bond donors (Lipinski definition) is 1. The van der Waals surface area contributed by atoms with Crippen LogP contribution < -0.4 is 10.1 Å². The zero-order valence-electron chi connectivity index (χ0n) is 14.5. The third-order valence-electron chi connectivity index (χ3n) is 5.35. The Morgan fingerprint density at radius 1 is 1.17 bits per heavy atom. The molecule has 1 aromatic rings. The number of benzene rings is 1. The van der Waals surface area contributed by atoms with E-state index in [0.29, 0.717) is 42.3 Å². The van der Waals surface area contributed by atoms with Gasteiger partial charge in [-0.2, -0.15) is 4.31 Å². The number of carbonyl (C=O) groups excluding carboxylic acids is 1. The van der Waals surface area contributed by atoms with Crippen molar-refractivity contribution in [3.8, 4) is 5.75 Å². The van der Waals surface area contributed by atoms with Crippen molar-refractivity contribution in [3.63, 3.8) is 0 Å². The fraction of sp³-hybridized carbons (Fsp3) is 0.588. The van der Waals surface area contributed by atoms with Gasteiger partial charge >= 0.3 is 0 Å². The quantitative estimate of drug-likeness (QED) is 0.892. The molecule has 0 saturated carbocycles. The van der Waals surface area contributed by atoms with Gasteiger partial charge in [-0.1, -0.05) is 0 Å². The summed E-state index contributed by atoms with van der Waals surface area (Å²) in [6, 6.07) is 1.78. The summed E-state index contributed by atoms with van der Waals surface area (Å²) >= 11 is 0. The number of hydrogen-bond acceptors (Lipinski definition) is 4. The Kier molecular flexibility index (Phi) is 4.34. The van der Waals surface area contributed by atoms with E-state index < -0.39 is 10.0 Å². The Labute approximate surface area is 143 Å². The summed E-state index contributed by atoms with van der Waals surface area (Å²) in [5.74, 6) is 1.04. The summed E-state index contributed by atoms with van der Waals surface area (Å²) in [4.78, 5) is 11.9. The van der Waals surface area contributed by atoms with E-state index in [1.54, 1.807) is 24.4 Å². The average Bonchev–Trinajstić information content (AvgIpc) is 2.94. The van der Waals surface area contributed by atoms with Gasteiger partial charge in [-0.25, -0.2) is 8.42 Å². The van der Waals surface area contributed by atoms with Crippen LogP contribution in [-0.4, -0.2) is 45.4 Å². The highest BCUT2D eigenvalue weighted by Crippen LogP contribution is 2.36. The van der Waals surface area contributed by atoms with Gasteiger partial charge in [0.15, 0.2) is 0 Å². The Bertz CT molecular complexity index is 788. The predicted molar refractivity (Wildman–Crippen MR) is 90.6 cm³/mol. The number of piperidine rings is 1. The molecule has 6 nitrogen and oxygen atoms in total. The van der Waals surface area contributed by atoms with E-state index in [2.05, 4.69) is 5.32 Å². The molecule has 1 N–H and O–H groups in total. The van der Waals surface area contributed by atoms with E-state index in [-0.39, 0.29) is 17.7 Å². The van der Waals surface area contributed by atoms with Gasteiger partial charge in [0.1, 0.15) is 5.75 Å². The molecule has 24 heavy (non-hydrogen) atoms. The van der Waals surface area contributed by atoms with Crippen molar-refractivity contribution >= 4 is 15.9 Å². The van der Waals surface area contributed by atoms with Gasteiger partial charge in [0.05, 0.1) is 12.0 Å². The lowest BCUT2D eigenvalue weighted by atomic mass is 9.89.